The maximum absolute atomic E-state index is 11.3. The van der Waals surface area contributed by atoms with E-state index in [-0.39, 0.29) is 6.61 Å². The number of hydrogen-bond acceptors (Lipinski definition) is 2. The van der Waals surface area contributed by atoms with Gasteiger partial charge in [-0.1, -0.05) is 43.4 Å². The summed E-state index contributed by atoms with van der Waals surface area (Å²) in [6, 6.07) is 7.95. The van der Waals surface area contributed by atoms with E-state index in [9.17, 15) is 4.79 Å². The number of carbonyl (C=O) groups is 1. The van der Waals surface area contributed by atoms with Crippen molar-refractivity contribution in [3.8, 4) is 11.8 Å². The van der Waals surface area contributed by atoms with Gasteiger partial charge in [0.15, 0.2) is 6.61 Å². The van der Waals surface area contributed by atoms with Crippen molar-refractivity contribution >= 4 is 17.0 Å². The Morgan fingerprint density at radius 1 is 1.40 bits per heavy atom. The number of unbranched alkanes of at least 4 members (excludes halogenated alkanes) is 1. The quantitative estimate of drug-likeness (QED) is 0.662. The number of H-pyrrole nitrogens is 1. The lowest BCUT2D eigenvalue weighted by molar-refractivity contribution is 0.160. The Balaban J connectivity index is 1.84. The number of carbonyl (C=O) groups excluding carboxylic acids is 1. The predicted octanol–water partition coefficient (Wildman–Crippen LogP) is 3.05. The molecule has 0 aliphatic carbocycles. The van der Waals surface area contributed by atoms with Crippen LogP contribution in [0.2, 0.25) is 0 Å². The van der Waals surface area contributed by atoms with E-state index in [1.807, 2.05) is 30.5 Å². The monoisotopic (exact) mass is 270 g/mol. The van der Waals surface area contributed by atoms with Gasteiger partial charge in [0.05, 0.1) is 0 Å². The summed E-state index contributed by atoms with van der Waals surface area (Å²) in [6.45, 7) is 2.81. The molecule has 0 bridgehead atoms. The second-order valence-corrected chi connectivity index (χ2v) is 4.41. The molecule has 20 heavy (non-hydrogen) atoms. The SMILES string of the molecule is CCCCNC(=O)OCC#Cc1c[nH]c2ccccc12. The highest BCUT2D eigenvalue weighted by Gasteiger charge is 2.00. The Morgan fingerprint density at radius 2 is 2.25 bits per heavy atom. The lowest BCUT2D eigenvalue weighted by atomic mass is 10.2. The first-order valence-electron chi connectivity index (χ1n) is 6.77. The molecule has 0 fully saturated rings. The summed E-state index contributed by atoms with van der Waals surface area (Å²) in [4.78, 5) is 14.4. The van der Waals surface area contributed by atoms with E-state index in [4.69, 9.17) is 4.74 Å². The van der Waals surface area contributed by atoms with Crippen LogP contribution in [-0.2, 0) is 4.74 Å². The number of aromatic nitrogens is 1. The first kappa shape index (κ1) is 14.0. The maximum Gasteiger partial charge on any atom is 0.408 e. The van der Waals surface area contributed by atoms with Crippen molar-refractivity contribution in [1.29, 1.82) is 0 Å². The minimum atomic E-state index is -0.410. The van der Waals surface area contributed by atoms with Crippen molar-refractivity contribution < 1.29 is 9.53 Å². The highest BCUT2D eigenvalue weighted by atomic mass is 16.5. The second-order valence-electron chi connectivity index (χ2n) is 4.41. The standard InChI is InChI=1S/C16H18N2O2/c1-2-3-10-17-16(19)20-11-6-7-13-12-18-15-9-5-4-8-14(13)15/h4-5,8-9,12,18H,2-3,10-11H2,1H3,(H,17,19). The molecule has 1 amide bonds. The van der Waals surface area contributed by atoms with Crippen LogP contribution in [0.3, 0.4) is 0 Å². The van der Waals surface area contributed by atoms with Crippen molar-refractivity contribution in [2.24, 2.45) is 0 Å². The summed E-state index contributed by atoms with van der Waals surface area (Å²) in [5.41, 5.74) is 1.96. The van der Waals surface area contributed by atoms with E-state index in [1.165, 1.54) is 0 Å². The van der Waals surface area contributed by atoms with Crippen LogP contribution in [0.5, 0.6) is 0 Å². The van der Waals surface area contributed by atoms with Gasteiger partial charge in [0.2, 0.25) is 0 Å². The molecule has 0 radical (unpaired) electrons. The van der Waals surface area contributed by atoms with Crippen LogP contribution in [0.25, 0.3) is 10.9 Å². The number of fused-ring (bicyclic) bond motifs is 1. The zero-order valence-electron chi connectivity index (χ0n) is 11.5. The van der Waals surface area contributed by atoms with Crippen molar-refractivity contribution in [2.75, 3.05) is 13.2 Å². The summed E-state index contributed by atoms with van der Waals surface area (Å²) in [5.74, 6) is 5.85. The van der Waals surface area contributed by atoms with Gasteiger partial charge >= 0.3 is 6.09 Å². The molecular formula is C16H18N2O2. The Hall–Kier alpha value is -2.41. The number of para-hydroxylation sites is 1. The van der Waals surface area contributed by atoms with Gasteiger partial charge in [0.1, 0.15) is 0 Å². The van der Waals surface area contributed by atoms with Gasteiger partial charge in [0, 0.05) is 29.2 Å². The molecule has 2 aromatic rings. The normalized spacial score (nSPS) is 9.85. The number of benzene rings is 1. The molecular weight excluding hydrogens is 252 g/mol. The Bertz CT molecular complexity index is 634. The third-order valence-electron chi connectivity index (χ3n) is 2.89. The van der Waals surface area contributed by atoms with Gasteiger partial charge in [0.25, 0.3) is 0 Å². The molecule has 0 aliphatic rings. The largest absolute Gasteiger partial charge is 0.436 e. The molecule has 0 saturated carbocycles. The third kappa shape index (κ3) is 3.79. The summed E-state index contributed by atoms with van der Waals surface area (Å²) in [5, 5.41) is 3.75. The Morgan fingerprint density at radius 3 is 3.10 bits per heavy atom. The van der Waals surface area contributed by atoms with E-state index < -0.39 is 6.09 Å². The molecule has 0 spiro atoms. The molecule has 1 aromatic heterocycles. The molecule has 0 atom stereocenters. The first-order chi connectivity index (χ1) is 9.81. The molecule has 104 valence electrons. The smallest absolute Gasteiger partial charge is 0.408 e. The second kappa shape index (κ2) is 7.25. The molecule has 2 N–H and O–H groups in total. The molecule has 0 unspecified atom stereocenters. The number of aromatic amines is 1. The predicted molar refractivity (Wildman–Crippen MR) is 79.4 cm³/mol. The van der Waals surface area contributed by atoms with E-state index in [1.54, 1.807) is 0 Å². The van der Waals surface area contributed by atoms with Crippen LogP contribution in [0.4, 0.5) is 4.79 Å². The van der Waals surface area contributed by atoms with Crippen LogP contribution in [-0.4, -0.2) is 24.2 Å². The summed E-state index contributed by atoms with van der Waals surface area (Å²) in [7, 11) is 0. The average Bonchev–Trinajstić information content (AvgIpc) is 2.87. The minimum absolute atomic E-state index is 0.0947. The fourth-order valence-corrected chi connectivity index (χ4v) is 1.83. The molecule has 0 aliphatic heterocycles. The molecule has 4 heteroatoms. The zero-order valence-corrected chi connectivity index (χ0v) is 11.5. The molecule has 1 aromatic carbocycles. The molecule has 2 rings (SSSR count). The lowest BCUT2D eigenvalue weighted by Crippen LogP contribution is -2.25. The molecule has 0 saturated heterocycles. The van der Waals surface area contributed by atoms with E-state index in [0.29, 0.717) is 6.54 Å². The van der Waals surface area contributed by atoms with Crippen LogP contribution < -0.4 is 5.32 Å². The van der Waals surface area contributed by atoms with Crippen LogP contribution in [0, 0.1) is 11.8 Å². The zero-order chi connectivity index (χ0) is 14.2. The third-order valence-corrected chi connectivity index (χ3v) is 2.89. The van der Waals surface area contributed by atoms with Crippen molar-refractivity contribution in [1.82, 2.24) is 10.3 Å². The first-order valence-corrected chi connectivity index (χ1v) is 6.77. The molecule has 1 heterocycles. The maximum atomic E-state index is 11.3. The highest BCUT2D eigenvalue weighted by molar-refractivity contribution is 5.85. The Labute approximate surface area is 118 Å². The fourth-order valence-electron chi connectivity index (χ4n) is 1.83. The summed E-state index contributed by atoms with van der Waals surface area (Å²) >= 11 is 0. The highest BCUT2D eigenvalue weighted by Crippen LogP contribution is 2.16. The number of nitrogens with one attached hydrogen (secondary N) is 2. The van der Waals surface area contributed by atoms with Crippen LogP contribution in [0.1, 0.15) is 25.3 Å². The number of amides is 1. The van der Waals surface area contributed by atoms with Gasteiger partial charge in [-0.05, 0) is 12.5 Å². The summed E-state index contributed by atoms with van der Waals surface area (Å²) < 4.78 is 4.97. The van der Waals surface area contributed by atoms with E-state index in [2.05, 4.69) is 29.1 Å². The van der Waals surface area contributed by atoms with Crippen LogP contribution >= 0.6 is 0 Å². The van der Waals surface area contributed by atoms with E-state index in [0.717, 1.165) is 29.3 Å². The van der Waals surface area contributed by atoms with Gasteiger partial charge in [-0.2, -0.15) is 0 Å². The topological polar surface area (TPSA) is 54.1 Å². The average molecular weight is 270 g/mol. The Kier molecular flexibility index (Phi) is 5.08. The number of alkyl carbamates (subject to hydrolysis) is 1. The fraction of sp³-hybridized carbons (Fsp3) is 0.312. The van der Waals surface area contributed by atoms with Crippen molar-refractivity contribution in [3.63, 3.8) is 0 Å². The molecule has 4 nitrogen and oxygen atoms in total. The van der Waals surface area contributed by atoms with Gasteiger partial charge in [-0.3, -0.25) is 0 Å². The minimum Gasteiger partial charge on any atom is -0.436 e. The number of hydrogen-bond donors (Lipinski definition) is 2. The van der Waals surface area contributed by atoms with E-state index >= 15 is 0 Å². The lowest BCUT2D eigenvalue weighted by Gasteiger charge is -2.02. The van der Waals surface area contributed by atoms with Gasteiger partial charge in [-0.15, -0.1) is 0 Å². The summed E-state index contributed by atoms with van der Waals surface area (Å²) in [6.07, 6.45) is 3.45. The number of rotatable bonds is 4. The van der Waals surface area contributed by atoms with Gasteiger partial charge < -0.3 is 15.0 Å². The number of ether oxygens (including phenoxy) is 1. The van der Waals surface area contributed by atoms with Gasteiger partial charge in [-0.25, -0.2) is 4.79 Å². The van der Waals surface area contributed by atoms with Crippen LogP contribution in [0.15, 0.2) is 30.5 Å². The van der Waals surface area contributed by atoms with Crippen molar-refractivity contribution in [2.45, 2.75) is 19.8 Å². The van der Waals surface area contributed by atoms with Crippen molar-refractivity contribution in [3.05, 3.63) is 36.0 Å².